The van der Waals surface area contributed by atoms with E-state index in [1.54, 1.807) is 18.3 Å². The number of halogens is 1. The molecule has 0 aliphatic carbocycles. The molecular formula is C14H18ClN3O. The Kier molecular flexibility index (Phi) is 5.39. The zero-order chi connectivity index (χ0) is 13.5. The van der Waals surface area contributed by atoms with Crippen LogP contribution in [0.2, 0.25) is 5.02 Å². The molecule has 0 amide bonds. The first-order chi connectivity index (χ1) is 9.25. The van der Waals surface area contributed by atoms with E-state index >= 15 is 0 Å². The molecule has 2 aromatic rings. The molecule has 0 radical (unpaired) electrons. The van der Waals surface area contributed by atoms with Crippen molar-refractivity contribution in [2.75, 3.05) is 13.1 Å². The molecule has 5 heteroatoms. The van der Waals surface area contributed by atoms with Gasteiger partial charge in [-0.2, -0.15) is 0 Å². The van der Waals surface area contributed by atoms with Crippen LogP contribution in [0.4, 0.5) is 0 Å². The van der Waals surface area contributed by atoms with Crippen molar-refractivity contribution in [3.63, 3.8) is 0 Å². The Morgan fingerprint density at radius 3 is 2.79 bits per heavy atom. The van der Waals surface area contributed by atoms with Crippen molar-refractivity contribution in [1.82, 2.24) is 14.9 Å². The Balaban J connectivity index is 1.63. The van der Waals surface area contributed by atoms with E-state index in [-0.39, 0.29) is 0 Å². The standard InChI is InChI=1S/C14H18ClN3O/c15-13-4-2-12(3-5-13)14(19)10-16-6-1-8-18-9-7-17-11-18/h2-5,7,9,11,14,16,19H,1,6,8,10H2. The molecule has 2 rings (SSSR count). The molecular weight excluding hydrogens is 262 g/mol. The quantitative estimate of drug-likeness (QED) is 0.765. The number of aromatic nitrogens is 2. The van der Waals surface area contributed by atoms with Gasteiger partial charge in [0.25, 0.3) is 0 Å². The summed E-state index contributed by atoms with van der Waals surface area (Å²) in [5, 5.41) is 13.9. The summed E-state index contributed by atoms with van der Waals surface area (Å²) in [6, 6.07) is 7.28. The fourth-order valence-electron chi connectivity index (χ4n) is 1.85. The van der Waals surface area contributed by atoms with Gasteiger partial charge in [-0.1, -0.05) is 23.7 Å². The van der Waals surface area contributed by atoms with E-state index in [1.807, 2.05) is 29.2 Å². The summed E-state index contributed by atoms with van der Waals surface area (Å²) in [4.78, 5) is 3.99. The predicted octanol–water partition coefficient (Wildman–Crippen LogP) is 2.25. The van der Waals surface area contributed by atoms with E-state index in [9.17, 15) is 5.11 Å². The fraction of sp³-hybridized carbons (Fsp3) is 0.357. The predicted molar refractivity (Wildman–Crippen MR) is 76.1 cm³/mol. The van der Waals surface area contributed by atoms with Crippen molar-refractivity contribution in [2.24, 2.45) is 0 Å². The summed E-state index contributed by atoms with van der Waals surface area (Å²) < 4.78 is 2.04. The van der Waals surface area contributed by atoms with E-state index in [0.29, 0.717) is 11.6 Å². The van der Waals surface area contributed by atoms with Crippen molar-refractivity contribution in [3.8, 4) is 0 Å². The Labute approximate surface area is 118 Å². The molecule has 2 N–H and O–H groups in total. The van der Waals surface area contributed by atoms with E-state index in [2.05, 4.69) is 10.3 Å². The number of aliphatic hydroxyl groups is 1. The smallest absolute Gasteiger partial charge is 0.0945 e. The first kappa shape index (κ1) is 14.1. The van der Waals surface area contributed by atoms with Gasteiger partial charge in [0.2, 0.25) is 0 Å². The van der Waals surface area contributed by atoms with Gasteiger partial charge in [-0.15, -0.1) is 0 Å². The zero-order valence-corrected chi connectivity index (χ0v) is 11.4. The van der Waals surface area contributed by atoms with Crippen molar-refractivity contribution >= 4 is 11.6 Å². The van der Waals surface area contributed by atoms with Gasteiger partial charge in [-0.3, -0.25) is 0 Å². The molecule has 1 heterocycles. The van der Waals surface area contributed by atoms with Crippen LogP contribution in [0, 0.1) is 0 Å². The van der Waals surface area contributed by atoms with Gasteiger partial charge in [0.05, 0.1) is 12.4 Å². The average Bonchev–Trinajstić information content (AvgIpc) is 2.92. The topological polar surface area (TPSA) is 50.1 Å². The van der Waals surface area contributed by atoms with Crippen molar-refractivity contribution in [1.29, 1.82) is 0 Å². The van der Waals surface area contributed by atoms with Crippen LogP contribution < -0.4 is 5.32 Å². The van der Waals surface area contributed by atoms with E-state index in [0.717, 1.165) is 25.1 Å². The van der Waals surface area contributed by atoms with Crippen LogP contribution in [-0.4, -0.2) is 27.7 Å². The van der Waals surface area contributed by atoms with Crippen LogP contribution in [0.1, 0.15) is 18.1 Å². The number of aryl methyl sites for hydroxylation is 1. The SMILES string of the molecule is OC(CNCCCn1ccnc1)c1ccc(Cl)cc1. The van der Waals surface area contributed by atoms with Crippen molar-refractivity contribution < 1.29 is 5.11 Å². The summed E-state index contributed by atoms with van der Waals surface area (Å²) in [5.41, 5.74) is 0.881. The zero-order valence-electron chi connectivity index (χ0n) is 10.7. The minimum Gasteiger partial charge on any atom is -0.387 e. The third kappa shape index (κ3) is 4.67. The number of hydrogen-bond donors (Lipinski definition) is 2. The lowest BCUT2D eigenvalue weighted by Gasteiger charge is -2.12. The Morgan fingerprint density at radius 1 is 1.32 bits per heavy atom. The summed E-state index contributed by atoms with van der Waals surface area (Å²) >= 11 is 5.81. The molecule has 0 bridgehead atoms. The molecule has 1 atom stereocenters. The van der Waals surface area contributed by atoms with Gasteiger partial charge in [-0.05, 0) is 30.7 Å². The first-order valence-electron chi connectivity index (χ1n) is 6.35. The molecule has 0 aliphatic rings. The van der Waals surface area contributed by atoms with Gasteiger partial charge < -0.3 is 15.0 Å². The van der Waals surface area contributed by atoms with Gasteiger partial charge in [-0.25, -0.2) is 4.98 Å². The van der Waals surface area contributed by atoms with Gasteiger partial charge in [0, 0.05) is 30.5 Å². The highest BCUT2D eigenvalue weighted by atomic mass is 35.5. The number of imidazole rings is 1. The maximum atomic E-state index is 9.97. The second-order valence-corrected chi connectivity index (χ2v) is 4.86. The minimum absolute atomic E-state index is 0.495. The Morgan fingerprint density at radius 2 is 2.11 bits per heavy atom. The maximum Gasteiger partial charge on any atom is 0.0945 e. The first-order valence-corrected chi connectivity index (χ1v) is 6.73. The molecule has 0 saturated heterocycles. The van der Waals surface area contributed by atoms with Crippen molar-refractivity contribution in [2.45, 2.75) is 19.1 Å². The lowest BCUT2D eigenvalue weighted by Crippen LogP contribution is -2.23. The average molecular weight is 280 g/mol. The number of rotatable bonds is 7. The molecule has 0 aliphatic heterocycles. The summed E-state index contributed by atoms with van der Waals surface area (Å²) in [7, 11) is 0. The van der Waals surface area contributed by atoms with Crippen LogP contribution in [0.15, 0.2) is 43.0 Å². The number of benzene rings is 1. The van der Waals surface area contributed by atoms with Gasteiger partial charge in [0.15, 0.2) is 0 Å². The number of nitrogens with zero attached hydrogens (tertiary/aromatic N) is 2. The minimum atomic E-state index is -0.495. The molecule has 0 spiro atoms. The normalized spacial score (nSPS) is 12.5. The van der Waals surface area contributed by atoms with E-state index in [4.69, 9.17) is 11.6 Å². The monoisotopic (exact) mass is 279 g/mol. The summed E-state index contributed by atoms with van der Waals surface area (Å²) in [6.07, 6.45) is 6.04. The molecule has 1 unspecified atom stereocenters. The second kappa shape index (κ2) is 7.28. The van der Waals surface area contributed by atoms with Crippen LogP contribution in [0.25, 0.3) is 0 Å². The van der Waals surface area contributed by atoms with Crippen LogP contribution in [-0.2, 0) is 6.54 Å². The Bertz CT molecular complexity index is 470. The molecule has 1 aromatic carbocycles. The Hall–Kier alpha value is -1.36. The molecule has 1 aromatic heterocycles. The van der Waals surface area contributed by atoms with Gasteiger partial charge >= 0.3 is 0 Å². The second-order valence-electron chi connectivity index (χ2n) is 4.43. The van der Waals surface area contributed by atoms with Crippen LogP contribution >= 0.6 is 11.6 Å². The molecule has 102 valence electrons. The molecule has 4 nitrogen and oxygen atoms in total. The lowest BCUT2D eigenvalue weighted by atomic mass is 10.1. The highest BCUT2D eigenvalue weighted by molar-refractivity contribution is 6.30. The van der Waals surface area contributed by atoms with Crippen LogP contribution in [0.3, 0.4) is 0 Å². The number of nitrogens with one attached hydrogen (secondary N) is 1. The summed E-state index contributed by atoms with van der Waals surface area (Å²) in [5.74, 6) is 0. The third-order valence-electron chi connectivity index (χ3n) is 2.92. The highest BCUT2D eigenvalue weighted by Gasteiger charge is 2.06. The van der Waals surface area contributed by atoms with Crippen LogP contribution in [0.5, 0.6) is 0 Å². The fourth-order valence-corrected chi connectivity index (χ4v) is 1.97. The van der Waals surface area contributed by atoms with E-state index < -0.39 is 6.10 Å². The van der Waals surface area contributed by atoms with Crippen molar-refractivity contribution in [3.05, 3.63) is 53.6 Å². The largest absolute Gasteiger partial charge is 0.387 e. The summed E-state index contributed by atoms with van der Waals surface area (Å²) in [6.45, 7) is 2.35. The third-order valence-corrected chi connectivity index (χ3v) is 3.17. The van der Waals surface area contributed by atoms with Gasteiger partial charge in [0.1, 0.15) is 0 Å². The lowest BCUT2D eigenvalue weighted by molar-refractivity contribution is 0.174. The highest BCUT2D eigenvalue weighted by Crippen LogP contribution is 2.15. The molecule has 0 fully saturated rings. The number of hydrogen-bond acceptors (Lipinski definition) is 3. The molecule has 19 heavy (non-hydrogen) atoms. The maximum absolute atomic E-state index is 9.97. The molecule has 0 saturated carbocycles. The van der Waals surface area contributed by atoms with E-state index in [1.165, 1.54) is 0 Å². The number of aliphatic hydroxyl groups excluding tert-OH is 1.